The molecule has 0 bridgehead atoms. The summed E-state index contributed by atoms with van der Waals surface area (Å²) < 4.78 is 14.1. The molecule has 4 N–H and O–H groups in total. The van der Waals surface area contributed by atoms with Crippen LogP contribution in [-0.4, -0.2) is 22.4 Å². The molecule has 0 fully saturated rings. The van der Waals surface area contributed by atoms with E-state index in [0.717, 1.165) is 6.42 Å². The van der Waals surface area contributed by atoms with Gasteiger partial charge in [-0.2, -0.15) is 0 Å². The molecule has 0 aliphatic carbocycles. The van der Waals surface area contributed by atoms with Crippen molar-refractivity contribution in [2.45, 2.75) is 13.3 Å². The summed E-state index contributed by atoms with van der Waals surface area (Å²) in [7, 11) is 0. The van der Waals surface area contributed by atoms with E-state index >= 15 is 0 Å². The first kappa shape index (κ1) is 16.6. The fraction of sp³-hybridized carbons (Fsp3) is 0.167. The fourth-order valence-corrected chi connectivity index (χ4v) is 2.70. The number of carbonyl (C=O) groups is 1. The van der Waals surface area contributed by atoms with Gasteiger partial charge in [-0.3, -0.25) is 14.6 Å². The van der Waals surface area contributed by atoms with Crippen LogP contribution in [0, 0.1) is 5.82 Å². The summed E-state index contributed by atoms with van der Waals surface area (Å²) in [5.41, 5.74) is 6.46. The maximum atomic E-state index is 14.1. The van der Waals surface area contributed by atoms with Crippen LogP contribution in [-0.2, 0) is 0 Å². The van der Waals surface area contributed by atoms with Gasteiger partial charge in [0.2, 0.25) is 0 Å². The van der Waals surface area contributed by atoms with Gasteiger partial charge in [0.1, 0.15) is 11.4 Å². The molecule has 0 aliphatic rings. The molecule has 0 atom stereocenters. The Bertz CT molecular complexity index is 1010. The van der Waals surface area contributed by atoms with E-state index in [0.29, 0.717) is 23.0 Å². The summed E-state index contributed by atoms with van der Waals surface area (Å²) in [4.78, 5) is 31.2. The molecule has 0 radical (unpaired) electrons. The number of hydrogen-bond donors (Lipinski definition) is 3. The van der Waals surface area contributed by atoms with Crippen molar-refractivity contribution in [2.24, 2.45) is 0 Å². The number of nitrogens with one attached hydrogen (secondary N) is 2. The largest absolute Gasteiger partial charge is 0.397 e. The Morgan fingerprint density at radius 1 is 1.32 bits per heavy atom. The maximum Gasteiger partial charge on any atom is 0.263 e. The predicted octanol–water partition coefficient (Wildman–Crippen LogP) is 2.45. The molecule has 0 unspecified atom stereocenters. The zero-order valence-corrected chi connectivity index (χ0v) is 13.6. The minimum atomic E-state index is -0.615. The summed E-state index contributed by atoms with van der Waals surface area (Å²) >= 11 is 0. The van der Waals surface area contributed by atoms with Crippen molar-refractivity contribution in [1.29, 1.82) is 0 Å². The summed E-state index contributed by atoms with van der Waals surface area (Å²) in [6.45, 7) is 2.35. The van der Waals surface area contributed by atoms with Crippen LogP contribution in [0.5, 0.6) is 0 Å². The minimum absolute atomic E-state index is 0.0681. The number of hydrogen-bond acceptors (Lipinski definition) is 4. The first-order valence-electron chi connectivity index (χ1n) is 7.87. The number of benzene rings is 1. The van der Waals surface area contributed by atoms with Gasteiger partial charge < -0.3 is 16.0 Å². The molecule has 2 aromatic heterocycles. The van der Waals surface area contributed by atoms with E-state index in [1.165, 1.54) is 18.5 Å². The monoisotopic (exact) mass is 340 g/mol. The van der Waals surface area contributed by atoms with Crippen molar-refractivity contribution in [3.63, 3.8) is 0 Å². The maximum absolute atomic E-state index is 14.1. The van der Waals surface area contributed by atoms with Crippen LogP contribution < -0.4 is 16.6 Å². The Hall–Kier alpha value is -3.22. The van der Waals surface area contributed by atoms with Crippen LogP contribution in [0.4, 0.5) is 10.1 Å². The Balaban J connectivity index is 2.24. The van der Waals surface area contributed by atoms with E-state index in [2.05, 4.69) is 15.3 Å². The number of nitrogen functional groups attached to an aromatic ring is 1. The van der Waals surface area contributed by atoms with Gasteiger partial charge in [0.25, 0.3) is 11.5 Å². The van der Waals surface area contributed by atoms with Crippen molar-refractivity contribution in [3.05, 3.63) is 58.4 Å². The first-order chi connectivity index (χ1) is 12.0. The summed E-state index contributed by atoms with van der Waals surface area (Å²) in [6, 6.07) is 6.26. The van der Waals surface area contributed by atoms with Gasteiger partial charge in [0, 0.05) is 35.5 Å². The molecule has 128 valence electrons. The fourth-order valence-electron chi connectivity index (χ4n) is 2.70. The summed E-state index contributed by atoms with van der Waals surface area (Å²) in [6.07, 6.45) is 3.46. The average Bonchev–Trinajstić information content (AvgIpc) is 2.60. The molecular formula is C18H17FN4O2. The van der Waals surface area contributed by atoms with Crippen molar-refractivity contribution in [2.75, 3.05) is 12.3 Å². The highest BCUT2D eigenvalue weighted by molar-refractivity contribution is 6.08. The molecule has 0 saturated carbocycles. The van der Waals surface area contributed by atoms with E-state index in [4.69, 9.17) is 5.73 Å². The third kappa shape index (κ3) is 2.96. The number of aromatic amines is 1. The van der Waals surface area contributed by atoms with Gasteiger partial charge in [0.15, 0.2) is 0 Å². The lowest BCUT2D eigenvalue weighted by atomic mass is 10.0. The Morgan fingerprint density at radius 2 is 2.12 bits per heavy atom. The second-order valence-electron chi connectivity index (χ2n) is 5.58. The van der Waals surface area contributed by atoms with Crippen molar-refractivity contribution in [1.82, 2.24) is 15.3 Å². The van der Waals surface area contributed by atoms with Crippen LogP contribution in [0.15, 0.2) is 41.5 Å². The van der Waals surface area contributed by atoms with Crippen LogP contribution >= 0.6 is 0 Å². The van der Waals surface area contributed by atoms with Crippen molar-refractivity contribution < 1.29 is 9.18 Å². The van der Waals surface area contributed by atoms with E-state index in [-0.39, 0.29) is 16.8 Å². The molecule has 3 aromatic rings. The molecule has 3 rings (SSSR count). The van der Waals surface area contributed by atoms with Crippen LogP contribution in [0.3, 0.4) is 0 Å². The lowest BCUT2D eigenvalue weighted by Crippen LogP contribution is -2.31. The van der Waals surface area contributed by atoms with E-state index in [9.17, 15) is 14.0 Å². The zero-order valence-electron chi connectivity index (χ0n) is 13.6. The molecular weight excluding hydrogens is 323 g/mol. The van der Waals surface area contributed by atoms with Gasteiger partial charge in [-0.1, -0.05) is 25.1 Å². The number of rotatable bonds is 4. The van der Waals surface area contributed by atoms with Crippen LogP contribution in [0.2, 0.25) is 0 Å². The summed E-state index contributed by atoms with van der Waals surface area (Å²) in [5, 5.41) is 3.12. The van der Waals surface area contributed by atoms with Crippen molar-refractivity contribution >= 4 is 22.5 Å². The second kappa shape index (κ2) is 6.72. The smallest absolute Gasteiger partial charge is 0.263 e. The van der Waals surface area contributed by atoms with Gasteiger partial charge in [-0.05, 0) is 12.5 Å². The Kier molecular flexibility index (Phi) is 4.47. The quantitative estimate of drug-likeness (QED) is 0.679. The average molecular weight is 340 g/mol. The van der Waals surface area contributed by atoms with E-state index in [1.54, 1.807) is 18.2 Å². The van der Waals surface area contributed by atoms with Crippen LogP contribution in [0.1, 0.15) is 23.7 Å². The number of anilines is 1. The van der Waals surface area contributed by atoms with Gasteiger partial charge in [0.05, 0.1) is 11.2 Å². The number of halogens is 1. The number of nitrogens with two attached hydrogens (primary N) is 1. The third-order valence-corrected chi connectivity index (χ3v) is 3.91. The zero-order chi connectivity index (χ0) is 18.0. The SMILES string of the molecule is CCCNC(=O)c1c(N)c2cccc(-c3cnccc3F)c2[nH]c1=O. The normalized spacial score (nSPS) is 10.8. The molecule has 0 aliphatic heterocycles. The van der Waals surface area contributed by atoms with E-state index < -0.39 is 17.3 Å². The number of H-pyrrole nitrogens is 1. The molecule has 0 saturated heterocycles. The standard InChI is InChI=1S/C18H17FN4O2/c1-2-7-22-17(24)14-15(20)11-5-3-4-10(16(11)23-18(14)25)12-9-21-8-6-13(12)19/h3-6,8-9H,2,7H2,1H3,(H,22,24)(H3,20,23,25). The van der Waals surface area contributed by atoms with Gasteiger partial charge in [-0.15, -0.1) is 0 Å². The molecule has 1 amide bonds. The highest BCUT2D eigenvalue weighted by atomic mass is 19.1. The highest BCUT2D eigenvalue weighted by Gasteiger charge is 2.19. The topological polar surface area (TPSA) is 101 Å². The molecule has 25 heavy (non-hydrogen) atoms. The number of fused-ring (bicyclic) bond motifs is 1. The first-order valence-corrected chi connectivity index (χ1v) is 7.87. The third-order valence-electron chi connectivity index (χ3n) is 3.91. The predicted molar refractivity (Wildman–Crippen MR) is 94.8 cm³/mol. The summed E-state index contributed by atoms with van der Waals surface area (Å²) in [5.74, 6) is -0.993. The molecule has 1 aromatic carbocycles. The molecule has 7 heteroatoms. The van der Waals surface area contributed by atoms with Gasteiger partial charge >= 0.3 is 0 Å². The molecule has 2 heterocycles. The lowest BCUT2D eigenvalue weighted by Gasteiger charge is -2.12. The lowest BCUT2D eigenvalue weighted by molar-refractivity contribution is 0.0953. The molecule has 0 spiro atoms. The minimum Gasteiger partial charge on any atom is -0.397 e. The Morgan fingerprint density at radius 3 is 2.84 bits per heavy atom. The second-order valence-corrected chi connectivity index (χ2v) is 5.58. The number of nitrogens with zero attached hydrogens (tertiary/aromatic N) is 1. The van der Waals surface area contributed by atoms with Crippen molar-refractivity contribution in [3.8, 4) is 11.1 Å². The number of para-hydroxylation sites is 1. The number of pyridine rings is 2. The highest BCUT2D eigenvalue weighted by Crippen LogP contribution is 2.31. The number of carbonyl (C=O) groups excluding carboxylic acids is 1. The van der Waals surface area contributed by atoms with Gasteiger partial charge in [-0.25, -0.2) is 4.39 Å². The Labute approximate surface area is 142 Å². The molecule has 6 nitrogen and oxygen atoms in total. The number of amides is 1. The number of aromatic nitrogens is 2. The van der Waals surface area contributed by atoms with Crippen LogP contribution in [0.25, 0.3) is 22.0 Å². The van der Waals surface area contributed by atoms with E-state index in [1.807, 2.05) is 6.92 Å².